The molecule has 4 heteroatoms. The Morgan fingerprint density at radius 1 is 1.53 bits per heavy atom. The van der Waals surface area contributed by atoms with Gasteiger partial charge in [0.2, 0.25) is 0 Å². The van der Waals surface area contributed by atoms with Crippen molar-refractivity contribution in [2.75, 3.05) is 13.7 Å². The van der Waals surface area contributed by atoms with E-state index in [-0.39, 0.29) is 11.8 Å². The highest BCUT2D eigenvalue weighted by atomic mass is 16.5. The van der Waals surface area contributed by atoms with Crippen LogP contribution in [-0.2, 0) is 4.74 Å². The first-order chi connectivity index (χ1) is 7.31. The SMILES string of the molecule is COc1ccn(C2CCCCO2)c(=O)c1. The van der Waals surface area contributed by atoms with Crippen LogP contribution in [0, 0.1) is 0 Å². The van der Waals surface area contributed by atoms with E-state index in [0.717, 1.165) is 25.9 Å². The number of nitrogens with zero attached hydrogens (tertiary/aromatic N) is 1. The van der Waals surface area contributed by atoms with Gasteiger partial charge >= 0.3 is 0 Å². The molecule has 1 saturated heterocycles. The molecule has 1 unspecified atom stereocenters. The minimum atomic E-state index is -0.0999. The average molecular weight is 209 g/mol. The molecule has 0 aliphatic carbocycles. The quantitative estimate of drug-likeness (QED) is 0.742. The molecule has 1 aliphatic rings. The van der Waals surface area contributed by atoms with Gasteiger partial charge in [-0.1, -0.05) is 0 Å². The number of rotatable bonds is 2. The summed E-state index contributed by atoms with van der Waals surface area (Å²) in [4.78, 5) is 11.7. The molecule has 82 valence electrons. The van der Waals surface area contributed by atoms with Crippen molar-refractivity contribution < 1.29 is 9.47 Å². The number of hydrogen-bond acceptors (Lipinski definition) is 3. The lowest BCUT2D eigenvalue weighted by Gasteiger charge is -2.24. The van der Waals surface area contributed by atoms with Gasteiger partial charge in [-0.25, -0.2) is 0 Å². The number of ether oxygens (including phenoxy) is 2. The number of pyridine rings is 1. The van der Waals surface area contributed by atoms with Crippen LogP contribution in [0.5, 0.6) is 5.75 Å². The third-order valence-corrected chi connectivity index (χ3v) is 2.62. The molecule has 1 aromatic heterocycles. The van der Waals surface area contributed by atoms with Crippen molar-refractivity contribution in [3.63, 3.8) is 0 Å². The fourth-order valence-corrected chi connectivity index (χ4v) is 1.78. The Bertz CT molecular complexity index is 380. The average Bonchev–Trinajstić information content (AvgIpc) is 2.30. The van der Waals surface area contributed by atoms with Crippen LogP contribution < -0.4 is 10.3 Å². The van der Waals surface area contributed by atoms with Crippen LogP contribution in [0.15, 0.2) is 23.1 Å². The van der Waals surface area contributed by atoms with Gasteiger partial charge in [0.05, 0.1) is 7.11 Å². The van der Waals surface area contributed by atoms with Crippen molar-refractivity contribution in [3.8, 4) is 5.75 Å². The molecule has 2 rings (SSSR count). The van der Waals surface area contributed by atoms with Crippen LogP contribution in [0.25, 0.3) is 0 Å². The maximum atomic E-state index is 11.7. The summed E-state index contributed by atoms with van der Waals surface area (Å²) in [7, 11) is 1.55. The third kappa shape index (κ3) is 2.21. The Kier molecular flexibility index (Phi) is 3.06. The number of methoxy groups -OCH3 is 1. The first kappa shape index (κ1) is 10.2. The van der Waals surface area contributed by atoms with Crippen molar-refractivity contribution in [1.29, 1.82) is 0 Å². The summed E-state index contributed by atoms with van der Waals surface area (Å²) in [5.74, 6) is 0.590. The van der Waals surface area contributed by atoms with E-state index in [0.29, 0.717) is 5.75 Å². The molecule has 0 saturated carbocycles. The summed E-state index contributed by atoms with van der Waals surface area (Å²) in [6.07, 6.45) is 4.74. The van der Waals surface area contributed by atoms with Gasteiger partial charge in [-0.3, -0.25) is 9.36 Å². The summed E-state index contributed by atoms with van der Waals surface area (Å²) < 4.78 is 12.2. The molecule has 0 spiro atoms. The Hall–Kier alpha value is -1.29. The molecule has 2 heterocycles. The molecule has 0 aromatic carbocycles. The second-order valence-electron chi connectivity index (χ2n) is 3.63. The smallest absolute Gasteiger partial charge is 0.256 e. The van der Waals surface area contributed by atoms with Crippen LogP contribution >= 0.6 is 0 Å². The van der Waals surface area contributed by atoms with E-state index in [1.54, 1.807) is 23.9 Å². The van der Waals surface area contributed by atoms with Gasteiger partial charge in [0.25, 0.3) is 5.56 Å². The minimum absolute atomic E-state index is 0.0683. The summed E-state index contributed by atoms with van der Waals surface area (Å²) in [6, 6.07) is 3.26. The lowest BCUT2D eigenvalue weighted by atomic mass is 10.2. The molecule has 0 N–H and O–H groups in total. The Labute approximate surface area is 88.4 Å². The molecule has 0 radical (unpaired) electrons. The molecule has 0 bridgehead atoms. The largest absolute Gasteiger partial charge is 0.497 e. The van der Waals surface area contributed by atoms with Crippen molar-refractivity contribution in [1.82, 2.24) is 4.57 Å². The van der Waals surface area contributed by atoms with Crippen molar-refractivity contribution in [3.05, 3.63) is 28.7 Å². The van der Waals surface area contributed by atoms with Crippen molar-refractivity contribution in [2.24, 2.45) is 0 Å². The third-order valence-electron chi connectivity index (χ3n) is 2.62. The van der Waals surface area contributed by atoms with Crippen LogP contribution in [0.4, 0.5) is 0 Å². The van der Waals surface area contributed by atoms with E-state index < -0.39 is 0 Å². The Morgan fingerprint density at radius 3 is 3.00 bits per heavy atom. The minimum Gasteiger partial charge on any atom is -0.497 e. The van der Waals surface area contributed by atoms with E-state index >= 15 is 0 Å². The normalized spacial score (nSPS) is 21.3. The predicted molar refractivity (Wildman–Crippen MR) is 56.1 cm³/mol. The van der Waals surface area contributed by atoms with Gasteiger partial charge in [-0.2, -0.15) is 0 Å². The topological polar surface area (TPSA) is 40.5 Å². The van der Waals surface area contributed by atoms with E-state index in [2.05, 4.69) is 0 Å². The Balaban J connectivity index is 2.24. The summed E-state index contributed by atoms with van der Waals surface area (Å²) >= 11 is 0. The molecule has 4 nitrogen and oxygen atoms in total. The monoisotopic (exact) mass is 209 g/mol. The highest BCUT2D eigenvalue weighted by Gasteiger charge is 2.16. The van der Waals surface area contributed by atoms with E-state index in [1.165, 1.54) is 6.07 Å². The van der Waals surface area contributed by atoms with Gasteiger partial charge < -0.3 is 9.47 Å². The second-order valence-corrected chi connectivity index (χ2v) is 3.63. The Morgan fingerprint density at radius 2 is 2.40 bits per heavy atom. The summed E-state index contributed by atoms with van der Waals surface area (Å²) in [5.41, 5.74) is -0.0683. The van der Waals surface area contributed by atoms with E-state index in [9.17, 15) is 4.79 Å². The molecule has 15 heavy (non-hydrogen) atoms. The highest BCUT2D eigenvalue weighted by Crippen LogP contribution is 2.21. The summed E-state index contributed by atoms with van der Waals surface area (Å²) in [6.45, 7) is 0.739. The van der Waals surface area contributed by atoms with E-state index in [4.69, 9.17) is 9.47 Å². The maximum Gasteiger partial charge on any atom is 0.256 e. The first-order valence-corrected chi connectivity index (χ1v) is 5.19. The van der Waals surface area contributed by atoms with Crippen LogP contribution in [0.1, 0.15) is 25.5 Å². The van der Waals surface area contributed by atoms with Crippen molar-refractivity contribution >= 4 is 0 Å². The van der Waals surface area contributed by atoms with Gasteiger partial charge in [-0.15, -0.1) is 0 Å². The second kappa shape index (κ2) is 4.49. The fourth-order valence-electron chi connectivity index (χ4n) is 1.78. The predicted octanol–water partition coefficient (Wildman–Crippen LogP) is 1.56. The highest BCUT2D eigenvalue weighted by molar-refractivity contribution is 5.17. The first-order valence-electron chi connectivity index (χ1n) is 5.19. The molecule has 1 aromatic rings. The zero-order chi connectivity index (χ0) is 10.7. The molecular weight excluding hydrogens is 194 g/mol. The van der Waals surface area contributed by atoms with Crippen LogP contribution in [0.2, 0.25) is 0 Å². The van der Waals surface area contributed by atoms with Gasteiger partial charge in [0, 0.05) is 18.9 Å². The van der Waals surface area contributed by atoms with Crippen LogP contribution in [0.3, 0.4) is 0 Å². The molecule has 0 amide bonds. The molecule has 1 fully saturated rings. The van der Waals surface area contributed by atoms with Crippen LogP contribution in [-0.4, -0.2) is 18.3 Å². The summed E-state index contributed by atoms with van der Waals surface area (Å²) in [5, 5.41) is 0. The zero-order valence-corrected chi connectivity index (χ0v) is 8.81. The lowest BCUT2D eigenvalue weighted by Crippen LogP contribution is -2.27. The molecular formula is C11H15NO3. The fraction of sp³-hybridized carbons (Fsp3) is 0.545. The van der Waals surface area contributed by atoms with Gasteiger partial charge in [0.1, 0.15) is 12.0 Å². The lowest BCUT2D eigenvalue weighted by molar-refractivity contribution is -0.0341. The number of aromatic nitrogens is 1. The molecule has 1 aliphatic heterocycles. The standard InChI is InChI=1S/C11H15NO3/c1-14-9-5-6-12(10(13)8-9)11-4-2-3-7-15-11/h5-6,8,11H,2-4,7H2,1H3. The van der Waals surface area contributed by atoms with E-state index in [1.807, 2.05) is 0 Å². The van der Waals surface area contributed by atoms with Crippen molar-refractivity contribution in [2.45, 2.75) is 25.5 Å². The maximum absolute atomic E-state index is 11.7. The molecule has 1 atom stereocenters. The number of hydrogen-bond donors (Lipinski definition) is 0. The zero-order valence-electron chi connectivity index (χ0n) is 8.81. The van der Waals surface area contributed by atoms with Gasteiger partial charge in [-0.05, 0) is 25.3 Å². The van der Waals surface area contributed by atoms with Gasteiger partial charge in [0.15, 0.2) is 0 Å².